The standard InChI is InChI=1S/C16H10F5N3O2S/c1-27(25,26)13-6-5-11(8-12(13)18)24-14(9-3-2-4-10(17)7-9)22-15(23-24)16(19,20)21/h2-8H,1H3. The average molecular weight is 403 g/mol. The van der Waals surface area contributed by atoms with Crippen LogP contribution >= 0.6 is 0 Å². The van der Waals surface area contributed by atoms with E-state index in [1.807, 2.05) is 0 Å². The Morgan fingerprint density at radius 1 is 1.04 bits per heavy atom. The Bertz CT molecular complexity index is 1120. The second-order valence-electron chi connectivity index (χ2n) is 5.57. The minimum Gasteiger partial charge on any atom is -0.224 e. The maximum absolute atomic E-state index is 14.1. The summed E-state index contributed by atoms with van der Waals surface area (Å²) in [6.07, 6.45) is -4.10. The van der Waals surface area contributed by atoms with Gasteiger partial charge in [-0.15, -0.1) is 5.10 Å². The van der Waals surface area contributed by atoms with Crippen LogP contribution in [0.15, 0.2) is 47.4 Å². The molecule has 0 aliphatic heterocycles. The van der Waals surface area contributed by atoms with Gasteiger partial charge >= 0.3 is 6.18 Å². The fourth-order valence-corrected chi connectivity index (χ4v) is 3.08. The molecule has 2 aromatic carbocycles. The summed E-state index contributed by atoms with van der Waals surface area (Å²) in [5.41, 5.74) is -0.229. The molecule has 0 radical (unpaired) electrons. The van der Waals surface area contributed by atoms with Crippen LogP contribution in [0.3, 0.4) is 0 Å². The molecule has 27 heavy (non-hydrogen) atoms. The lowest BCUT2D eigenvalue weighted by Gasteiger charge is -2.08. The van der Waals surface area contributed by atoms with E-state index in [1.54, 1.807) is 0 Å². The Labute approximate surface area is 150 Å². The summed E-state index contributed by atoms with van der Waals surface area (Å²) >= 11 is 0. The average Bonchev–Trinajstić information content (AvgIpc) is 2.99. The highest BCUT2D eigenvalue weighted by Gasteiger charge is 2.37. The molecule has 142 valence electrons. The first kappa shape index (κ1) is 19.0. The van der Waals surface area contributed by atoms with Gasteiger partial charge in [-0.25, -0.2) is 26.9 Å². The van der Waals surface area contributed by atoms with E-state index in [2.05, 4.69) is 10.1 Å². The van der Waals surface area contributed by atoms with Crippen LogP contribution in [0, 0.1) is 11.6 Å². The van der Waals surface area contributed by atoms with Crippen molar-refractivity contribution in [3.63, 3.8) is 0 Å². The molecule has 0 aliphatic rings. The maximum atomic E-state index is 14.1. The summed E-state index contributed by atoms with van der Waals surface area (Å²) in [5, 5.41) is 3.33. The van der Waals surface area contributed by atoms with Gasteiger partial charge in [-0.05, 0) is 24.3 Å². The number of rotatable bonds is 3. The topological polar surface area (TPSA) is 64.8 Å². The summed E-state index contributed by atoms with van der Waals surface area (Å²) in [6, 6.07) is 7.32. The number of benzene rings is 2. The van der Waals surface area contributed by atoms with Gasteiger partial charge in [-0.2, -0.15) is 13.2 Å². The van der Waals surface area contributed by atoms with E-state index in [1.165, 1.54) is 12.1 Å². The van der Waals surface area contributed by atoms with Crippen molar-refractivity contribution in [3.8, 4) is 17.1 Å². The molecule has 11 heteroatoms. The molecular weight excluding hydrogens is 393 g/mol. The van der Waals surface area contributed by atoms with Gasteiger partial charge in [0.1, 0.15) is 16.5 Å². The highest BCUT2D eigenvalue weighted by molar-refractivity contribution is 7.90. The van der Waals surface area contributed by atoms with Crippen molar-refractivity contribution in [1.29, 1.82) is 0 Å². The van der Waals surface area contributed by atoms with Gasteiger partial charge in [-0.1, -0.05) is 12.1 Å². The Morgan fingerprint density at radius 3 is 2.30 bits per heavy atom. The van der Waals surface area contributed by atoms with Crippen LogP contribution in [-0.4, -0.2) is 29.4 Å². The van der Waals surface area contributed by atoms with Gasteiger partial charge in [0.15, 0.2) is 15.7 Å². The zero-order valence-electron chi connectivity index (χ0n) is 13.5. The van der Waals surface area contributed by atoms with Crippen LogP contribution in [-0.2, 0) is 16.0 Å². The third-order valence-electron chi connectivity index (χ3n) is 3.50. The normalized spacial score (nSPS) is 12.4. The van der Waals surface area contributed by atoms with Crippen molar-refractivity contribution in [2.45, 2.75) is 11.1 Å². The molecular formula is C16H10F5N3O2S. The molecule has 0 atom stereocenters. The molecule has 3 rings (SSSR count). The maximum Gasteiger partial charge on any atom is 0.453 e. The predicted octanol–water partition coefficient (Wildman–Crippen LogP) is 3.63. The zero-order valence-corrected chi connectivity index (χ0v) is 14.3. The van der Waals surface area contributed by atoms with Crippen LogP contribution in [0.2, 0.25) is 0 Å². The lowest BCUT2D eigenvalue weighted by molar-refractivity contribution is -0.144. The SMILES string of the molecule is CS(=O)(=O)c1ccc(-n2nc(C(F)(F)F)nc2-c2cccc(F)c2)cc1F. The summed E-state index contributed by atoms with van der Waals surface area (Å²) in [7, 11) is -3.87. The van der Waals surface area contributed by atoms with E-state index in [9.17, 15) is 30.4 Å². The molecule has 0 spiro atoms. The zero-order chi connectivity index (χ0) is 20.0. The largest absolute Gasteiger partial charge is 0.453 e. The first-order chi connectivity index (χ1) is 12.5. The van der Waals surface area contributed by atoms with Crippen LogP contribution in [0.4, 0.5) is 22.0 Å². The minimum absolute atomic E-state index is 0.0226. The number of nitrogens with zero attached hydrogens (tertiary/aromatic N) is 3. The van der Waals surface area contributed by atoms with E-state index >= 15 is 0 Å². The molecule has 5 nitrogen and oxygen atoms in total. The van der Waals surface area contributed by atoms with E-state index in [-0.39, 0.29) is 17.1 Å². The molecule has 0 bridgehead atoms. The van der Waals surface area contributed by atoms with Crippen molar-refractivity contribution in [1.82, 2.24) is 14.8 Å². The third kappa shape index (κ3) is 3.82. The molecule has 3 aromatic rings. The summed E-state index contributed by atoms with van der Waals surface area (Å²) in [4.78, 5) is 2.77. The van der Waals surface area contributed by atoms with Crippen LogP contribution in [0.1, 0.15) is 5.82 Å². The van der Waals surface area contributed by atoms with Crippen LogP contribution in [0.25, 0.3) is 17.1 Å². The van der Waals surface area contributed by atoms with Crippen molar-refractivity contribution in [3.05, 3.63) is 59.9 Å². The molecule has 1 heterocycles. The highest BCUT2D eigenvalue weighted by Crippen LogP contribution is 2.31. The number of sulfone groups is 1. The lowest BCUT2D eigenvalue weighted by atomic mass is 10.2. The van der Waals surface area contributed by atoms with Gasteiger partial charge in [-0.3, -0.25) is 0 Å². The Hall–Kier alpha value is -2.82. The van der Waals surface area contributed by atoms with Crippen LogP contribution in [0.5, 0.6) is 0 Å². The van der Waals surface area contributed by atoms with Crippen molar-refractivity contribution < 1.29 is 30.4 Å². The van der Waals surface area contributed by atoms with Gasteiger partial charge in [0.25, 0.3) is 5.82 Å². The molecule has 0 aliphatic carbocycles. The Morgan fingerprint density at radius 2 is 1.74 bits per heavy atom. The fraction of sp³-hybridized carbons (Fsp3) is 0.125. The number of halogens is 5. The fourth-order valence-electron chi connectivity index (χ4n) is 2.35. The predicted molar refractivity (Wildman–Crippen MR) is 84.8 cm³/mol. The molecule has 0 saturated heterocycles. The highest BCUT2D eigenvalue weighted by atomic mass is 32.2. The molecule has 1 aromatic heterocycles. The lowest BCUT2D eigenvalue weighted by Crippen LogP contribution is -2.09. The quantitative estimate of drug-likeness (QED) is 0.627. The summed E-state index contributed by atoms with van der Waals surface area (Å²) < 4.78 is 90.4. The number of hydrogen-bond acceptors (Lipinski definition) is 4. The molecule has 0 N–H and O–H groups in total. The van der Waals surface area contributed by atoms with E-state index in [4.69, 9.17) is 0 Å². The third-order valence-corrected chi connectivity index (χ3v) is 4.63. The van der Waals surface area contributed by atoms with Gasteiger partial charge in [0.2, 0.25) is 0 Å². The van der Waals surface area contributed by atoms with E-state index < -0.39 is 38.4 Å². The molecule has 0 amide bonds. The summed E-state index contributed by atoms with van der Waals surface area (Å²) in [5.74, 6) is -3.76. The van der Waals surface area contributed by atoms with Gasteiger partial charge in [0, 0.05) is 17.9 Å². The molecule has 0 saturated carbocycles. The number of aromatic nitrogens is 3. The second kappa shape index (κ2) is 6.41. The van der Waals surface area contributed by atoms with Crippen molar-refractivity contribution in [2.24, 2.45) is 0 Å². The van der Waals surface area contributed by atoms with Gasteiger partial charge in [0.05, 0.1) is 5.69 Å². The van der Waals surface area contributed by atoms with Crippen molar-refractivity contribution >= 4 is 9.84 Å². The number of alkyl halides is 3. The summed E-state index contributed by atoms with van der Waals surface area (Å²) in [6.45, 7) is 0. The van der Waals surface area contributed by atoms with Gasteiger partial charge < -0.3 is 0 Å². The first-order valence-corrected chi connectivity index (χ1v) is 9.16. The Balaban J connectivity index is 2.23. The smallest absolute Gasteiger partial charge is 0.224 e. The monoisotopic (exact) mass is 403 g/mol. The van der Waals surface area contributed by atoms with Crippen molar-refractivity contribution in [2.75, 3.05) is 6.26 Å². The second-order valence-corrected chi connectivity index (χ2v) is 7.55. The van der Waals surface area contributed by atoms with E-state index in [0.717, 1.165) is 30.5 Å². The first-order valence-electron chi connectivity index (χ1n) is 7.27. The number of hydrogen-bond donors (Lipinski definition) is 0. The minimum atomic E-state index is -4.89. The molecule has 0 fully saturated rings. The molecule has 0 unspecified atom stereocenters. The van der Waals surface area contributed by atoms with Crippen LogP contribution < -0.4 is 0 Å². The van der Waals surface area contributed by atoms with E-state index in [0.29, 0.717) is 10.7 Å². The Kier molecular flexibility index (Phi) is 4.50.